The molecule has 21 heavy (non-hydrogen) atoms. The molecular weight excluding hydrogens is 289 g/mol. The summed E-state index contributed by atoms with van der Waals surface area (Å²) in [6.07, 6.45) is -4.53. The number of anilines is 1. The second-order valence-corrected chi connectivity index (χ2v) is 4.63. The average Bonchev–Trinajstić information content (AvgIpc) is 2.40. The largest absolute Gasteiger partial charge is 0.416 e. The number of nitrogens with one attached hydrogen (secondary N) is 1. The van der Waals surface area contributed by atoms with E-state index in [9.17, 15) is 22.0 Å². The first kappa shape index (κ1) is 15.3. The van der Waals surface area contributed by atoms with Gasteiger partial charge in [0.2, 0.25) is 0 Å². The fourth-order valence-electron chi connectivity index (χ4n) is 1.85. The van der Waals surface area contributed by atoms with E-state index in [1.165, 1.54) is 12.1 Å². The van der Waals surface area contributed by atoms with Crippen LogP contribution in [0.25, 0.3) is 0 Å². The molecule has 2 aromatic carbocycles. The second kappa shape index (κ2) is 5.71. The first-order valence-electron chi connectivity index (χ1n) is 6.13. The molecular formula is C15H12F5N. The first-order valence-corrected chi connectivity index (χ1v) is 6.13. The Bertz CT molecular complexity index is 649. The maximum absolute atomic E-state index is 13.5. The Labute approximate surface area is 118 Å². The van der Waals surface area contributed by atoms with E-state index in [0.717, 1.165) is 6.07 Å². The van der Waals surface area contributed by atoms with Crippen molar-refractivity contribution < 1.29 is 22.0 Å². The van der Waals surface area contributed by atoms with E-state index in [1.54, 1.807) is 13.0 Å². The third-order valence-electron chi connectivity index (χ3n) is 3.00. The number of rotatable bonds is 3. The zero-order valence-corrected chi connectivity index (χ0v) is 11.1. The summed E-state index contributed by atoms with van der Waals surface area (Å²) in [6, 6.07) is 6.46. The van der Waals surface area contributed by atoms with Gasteiger partial charge in [-0.05, 0) is 42.3 Å². The summed E-state index contributed by atoms with van der Waals surface area (Å²) >= 11 is 0. The van der Waals surface area contributed by atoms with Gasteiger partial charge in [-0.2, -0.15) is 13.2 Å². The lowest BCUT2D eigenvalue weighted by Crippen LogP contribution is -2.08. The number of hydrogen-bond acceptors (Lipinski definition) is 1. The number of alkyl halides is 3. The Balaban J connectivity index is 2.17. The lowest BCUT2D eigenvalue weighted by Gasteiger charge is -2.12. The monoisotopic (exact) mass is 301 g/mol. The molecule has 0 bridgehead atoms. The van der Waals surface area contributed by atoms with Crippen molar-refractivity contribution in [3.05, 3.63) is 64.7 Å². The molecule has 0 amide bonds. The normalized spacial score (nSPS) is 11.5. The minimum atomic E-state index is -4.53. The SMILES string of the molecule is Cc1cc(CNc2cc(C(F)(F)F)ccc2F)ccc1F. The highest BCUT2D eigenvalue weighted by molar-refractivity contribution is 5.48. The van der Waals surface area contributed by atoms with Gasteiger partial charge in [0.15, 0.2) is 0 Å². The first-order chi connectivity index (χ1) is 9.77. The van der Waals surface area contributed by atoms with Crippen LogP contribution in [0, 0.1) is 18.6 Å². The summed E-state index contributed by atoms with van der Waals surface area (Å²) in [5.41, 5.74) is -0.113. The quantitative estimate of drug-likeness (QED) is 0.795. The van der Waals surface area contributed by atoms with E-state index in [-0.39, 0.29) is 18.0 Å². The minimum Gasteiger partial charge on any atom is -0.379 e. The number of benzene rings is 2. The standard InChI is InChI=1S/C15H12F5N/c1-9-6-10(2-4-12(9)16)8-21-14-7-11(15(18,19)20)3-5-13(14)17/h2-7,21H,8H2,1H3. The van der Waals surface area contributed by atoms with Crippen molar-refractivity contribution in [3.63, 3.8) is 0 Å². The molecule has 1 nitrogen and oxygen atoms in total. The number of halogens is 5. The van der Waals surface area contributed by atoms with Crippen LogP contribution in [-0.4, -0.2) is 0 Å². The van der Waals surface area contributed by atoms with Gasteiger partial charge >= 0.3 is 6.18 Å². The van der Waals surface area contributed by atoms with Crippen LogP contribution in [0.15, 0.2) is 36.4 Å². The van der Waals surface area contributed by atoms with Gasteiger partial charge in [0.25, 0.3) is 0 Å². The molecule has 2 aromatic rings. The minimum absolute atomic E-state index is 0.0966. The molecule has 0 fully saturated rings. The fraction of sp³-hybridized carbons (Fsp3) is 0.200. The van der Waals surface area contributed by atoms with Gasteiger partial charge in [-0.1, -0.05) is 12.1 Å². The smallest absolute Gasteiger partial charge is 0.379 e. The van der Waals surface area contributed by atoms with Crippen molar-refractivity contribution in [3.8, 4) is 0 Å². The van der Waals surface area contributed by atoms with Gasteiger partial charge in [0.1, 0.15) is 11.6 Å². The van der Waals surface area contributed by atoms with Crippen molar-refractivity contribution in [2.24, 2.45) is 0 Å². The van der Waals surface area contributed by atoms with Crippen LogP contribution < -0.4 is 5.32 Å². The van der Waals surface area contributed by atoms with E-state index in [4.69, 9.17) is 0 Å². The molecule has 2 rings (SSSR count). The number of hydrogen-bond donors (Lipinski definition) is 1. The third-order valence-corrected chi connectivity index (χ3v) is 3.00. The molecule has 0 saturated carbocycles. The van der Waals surface area contributed by atoms with E-state index >= 15 is 0 Å². The van der Waals surface area contributed by atoms with Gasteiger partial charge in [0, 0.05) is 6.54 Å². The Morgan fingerprint density at radius 2 is 1.62 bits per heavy atom. The van der Waals surface area contributed by atoms with Crippen molar-refractivity contribution in [2.75, 3.05) is 5.32 Å². The Kier molecular flexibility index (Phi) is 4.16. The van der Waals surface area contributed by atoms with Crippen LogP contribution in [0.3, 0.4) is 0 Å². The van der Waals surface area contributed by atoms with Crippen molar-refractivity contribution in [1.82, 2.24) is 0 Å². The van der Waals surface area contributed by atoms with Crippen LogP contribution >= 0.6 is 0 Å². The van der Waals surface area contributed by atoms with E-state index in [2.05, 4.69) is 5.32 Å². The molecule has 6 heteroatoms. The van der Waals surface area contributed by atoms with Crippen LogP contribution in [0.5, 0.6) is 0 Å². The second-order valence-electron chi connectivity index (χ2n) is 4.63. The van der Waals surface area contributed by atoms with Crippen molar-refractivity contribution in [1.29, 1.82) is 0 Å². The van der Waals surface area contributed by atoms with Gasteiger partial charge in [-0.3, -0.25) is 0 Å². The topological polar surface area (TPSA) is 12.0 Å². The molecule has 0 aliphatic heterocycles. The Morgan fingerprint density at radius 1 is 0.952 bits per heavy atom. The summed E-state index contributed by atoms with van der Waals surface area (Å²) < 4.78 is 64.3. The zero-order valence-electron chi connectivity index (χ0n) is 11.1. The average molecular weight is 301 g/mol. The molecule has 0 saturated heterocycles. The van der Waals surface area contributed by atoms with Gasteiger partial charge < -0.3 is 5.32 Å². The highest BCUT2D eigenvalue weighted by Gasteiger charge is 2.31. The summed E-state index contributed by atoms with van der Waals surface area (Å²) in [4.78, 5) is 0. The molecule has 0 aliphatic carbocycles. The highest BCUT2D eigenvalue weighted by atomic mass is 19.4. The molecule has 0 spiro atoms. The molecule has 0 atom stereocenters. The van der Waals surface area contributed by atoms with Crippen LogP contribution in [-0.2, 0) is 12.7 Å². The van der Waals surface area contributed by atoms with E-state index < -0.39 is 17.6 Å². The predicted octanol–water partition coefficient (Wildman–Crippen LogP) is 4.90. The van der Waals surface area contributed by atoms with Crippen LogP contribution in [0.4, 0.5) is 27.6 Å². The molecule has 0 radical (unpaired) electrons. The lowest BCUT2D eigenvalue weighted by molar-refractivity contribution is -0.137. The summed E-state index contributed by atoms with van der Waals surface area (Å²) in [6.45, 7) is 1.67. The van der Waals surface area contributed by atoms with Crippen molar-refractivity contribution >= 4 is 5.69 Å². The maximum Gasteiger partial charge on any atom is 0.416 e. The van der Waals surface area contributed by atoms with E-state index in [1.807, 2.05) is 0 Å². The highest BCUT2D eigenvalue weighted by Crippen LogP contribution is 2.31. The molecule has 0 heterocycles. The molecule has 0 unspecified atom stereocenters. The molecule has 0 aliphatic rings. The fourth-order valence-corrected chi connectivity index (χ4v) is 1.85. The van der Waals surface area contributed by atoms with Crippen LogP contribution in [0.1, 0.15) is 16.7 Å². The Morgan fingerprint density at radius 3 is 2.24 bits per heavy atom. The Hall–Kier alpha value is -2.11. The van der Waals surface area contributed by atoms with Gasteiger partial charge in [0.05, 0.1) is 11.3 Å². The zero-order chi connectivity index (χ0) is 15.6. The molecule has 112 valence electrons. The maximum atomic E-state index is 13.5. The summed E-state index contributed by atoms with van der Waals surface area (Å²) in [7, 11) is 0. The number of aryl methyl sites for hydroxylation is 1. The van der Waals surface area contributed by atoms with Crippen LogP contribution in [0.2, 0.25) is 0 Å². The molecule has 0 aromatic heterocycles. The lowest BCUT2D eigenvalue weighted by atomic mass is 10.1. The van der Waals surface area contributed by atoms with Gasteiger partial charge in [-0.25, -0.2) is 8.78 Å². The predicted molar refractivity (Wildman–Crippen MR) is 69.9 cm³/mol. The third kappa shape index (κ3) is 3.71. The summed E-state index contributed by atoms with van der Waals surface area (Å²) in [5, 5.41) is 2.59. The molecule has 1 N–H and O–H groups in total. The van der Waals surface area contributed by atoms with Gasteiger partial charge in [-0.15, -0.1) is 0 Å². The summed E-state index contributed by atoms with van der Waals surface area (Å²) in [5.74, 6) is -1.15. The van der Waals surface area contributed by atoms with E-state index in [0.29, 0.717) is 23.3 Å². The van der Waals surface area contributed by atoms with Crippen molar-refractivity contribution in [2.45, 2.75) is 19.6 Å².